The lowest BCUT2D eigenvalue weighted by Crippen LogP contribution is -2.36. The Morgan fingerprint density at radius 2 is 2.24 bits per heavy atom. The van der Waals surface area contributed by atoms with Gasteiger partial charge in [0.25, 0.3) is 0 Å². The van der Waals surface area contributed by atoms with Crippen molar-refractivity contribution in [3.8, 4) is 0 Å². The van der Waals surface area contributed by atoms with Gasteiger partial charge in [-0.3, -0.25) is 9.59 Å². The molecule has 0 saturated carbocycles. The van der Waals surface area contributed by atoms with Crippen LogP contribution in [0.1, 0.15) is 12.2 Å². The molecule has 2 rings (SSSR count). The monoisotopic (exact) mass is 293 g/mol. The highest BCUT2D eigenvalue weighted by Crippen LogP contribution is 2.20. The van der Waals surface area contributed by atoms with E-state index in [1.807, 2.05) is 19.0 Å². The molecule has 1 saturated heterocycles. The maximum Gasteiger partial charge on any atom is 0.228 e. The van der Waals surface area contributed by atoms with Gasteiger partial charge in [-0.25, -0.2) is 4.98 Å². The summed E-state index contributed by atoms with van der Waals surface area (Å²) < 4.78 is 0. The predicted molar refractivity (Wildman–Crippen MR) is 78.3 cm³/mol. The van der Waals surface area contributed by atoms with E-state index in [-0.39, 0.29) is 17.7 Å². The van der Waals surface area contributed by atoms with Gasteiger partial charge in [0.2, 0.25) is 11.8 Å². The van der Waals surface area contributed by atoms with Crippen molar-refractivity contribution in [3.63, 3.8) is 0 Å². The van der Waals surface area contributed by atoms with Crippen LogP contribution in [0.4, 0.5) is 0 Å². The maximum absolute atomic E-state index is 12.4. The molecular formula is C14H23N5O2. The van der Waals surface area contributed by atoms with Crippen LogP contribution < -0.4 is 0 Å². The number of likely N-dealkylation sites (tertiary alicyclic amines) is 1. The summed E-state index contributed by atoms with van der Waals surface area (Å²) in [7, 11) is 5.69. The number of imidazole rings is 1. The Labute approximate surface area is 124 Å². The Morgan fingerprint density at radius 3 is 2.86 bits per heavy atom. The van der Waals surface area contributed by atoms with Crippen molar-refractivity contribution in [2.75, 3.05) is 40.8 Å². The van der Waals surface area contributed by atoms with E-state index in [4.69, 9.17) is 0 Å². The molecule has 0 spiro atoms. The molecule has 0 aliphatic carbocycles. The number of likely N-dealkylation sites (N-methyl/N-ethyl adjacent to an activating group) is 1. The van der Waals surface area contributed by atoms with E-state index >= 15 is 0 Å². The molecule has 7 heteroatoms. The zero-order valence-electron chi connectivity index (χ0n) is 12.9. The fraction of sp³-hybridized carbons (Fsp3) is 0.643. The number of nitrogens with one attached hydrogen (secondary N) is 1. The van der Waals surface area contributed by atoms with Crippen LogP contribution in [0.25, 0.3) is 0 Å². The lowest BCUT2D eigenvalue weighted by Gasteiger charge is -2.21. The van der Waals surface area contributed by atoms with Crippen molar-refractivity contribution < 1.29 is 9.59 Å². The molecule has 0 bridgehead atoms. The molecule has 0 unspecified atom stereocenters. The Bertz CT molecular complexity index is 486. The van der Waals surface area contributed by atoms with Gasteiger partial charge in [0.1, 0.15) is 5.82 Å². The van der Waals surface area contributed by atoms with Gasteiger partial charge >= 0.3 is 0 Å². The summed E-state index contributed by atoms with van der Waals surface area (Å²) in [5, 5.41) is 0. The molecule has 7 nitrogen and oxygen atoms in total. The summed E-state index contributed by atoms with van der Waals surface area (Å²) in [6.07, 6.45) is 3.71. The largest absolute Gasteiger partial charge is 0.347 e. The highest BCUT2D eigenvalue weighted by atomic mass is 16.2. The molecule has 1 aromatic rings. The smallest absolute Gasteiger partial charge is 0.228 e. The molecule has 1 aliphatic rings. The molecule has 1 atom stereocenters. The average molecular weight is 293 g/mol. The minimum Gasteiger partial charge on any atom is -0.347 e. The first kappa shape index (κ1) is 15.5. The summed E-state index contributed by atoms with van der Waals surface area (Å²) in [6.45, 7) is 2.45. The third-order valence-electron chi connectivity index (χ3n) is 3.70. The summed E-state index contributed by atoms with van der Waals surface area (Å²) in [6, 6.07) is 0. The van der Waals surface area contributed by atoms with E-state index in [1.165, 1.54) is 0 Å². The third kappa shape index (κ3) is 4.04. The van der Waals surface area contributed by atoms with Crippen LogP contribution in [0.3, 0.4) is 0 Å². The number of nitrogens with zero attached hydrogens (tertiary/aromatic N) is 4. The Balaban J connectivity index is 1.87. The molecule has 116 valence electrons. The van der Waals surface area contributed by atoms with Gasteiger partial charge in [0.05, 0.1) is 12.5 Å². The van der Waals surface area contributed by atoms with E-state index in [2.05, 4.69) is 9.97 Å². The van der Waals surface area contributed by atoms with Gasteiger partial charge in [-0.05, 0) is 14.1 Å². The van der Waals surface area contributed by atoms with Gasteiger partial charge in [-0.2, -0.15) is 0 Å². The van der Waals surface area contributed by atoms with Gasteiger partial charge in [-0.15, -0.1) is 0 Å². The van der Waals surface area contributed by atoms with Crippen molar-refractivity contribution in [3.05, 3.63) is 18.2 Å². The van der Waals surface area contributed by atoms with Gasteiger partial charge < -0.3 is 19.7 Å². The number of hydrogen-bond donors (Lipinski definition) is 1. The van der Waals surface area contributed by atoms with Gasteiger partial charge in [0, 0.05) is 45.5 Å². The quantitative estimate of drug-likeness (QED) is 0.787. The Kier molecular flexibility index (Phi) is 4.95. The first-order valence-electron chi connectivity index (χ1n) is 7.13. The van der Waals surface area contributed by atoms with Crippen molar-refractivity contribution in [1.29, 1.82) is 0 Å². The van der Waals surface area contributed by atoms with Gasteiger partial charge in [0.15, 0.2) is 0 Å². The van der Waals surface area contributed by atoms with E-state index in [0.717, 1.165) is 12.4 Å². The predicted octanol–water partition coefficient (Wildman–Crippen LogP) is -0.222. The molecule has 2 heterocycles. The van der Waals surface area contributed by atoms with Crippen LogP contribution >= 0.6 is 0 Å². The fourth-order valence-corrected chi connectivity index (χ4v) is 2.47. The SMILES string of the molecule is CN(C)CCN1C[C@H](C(=O)N(C)Cc2ncc[nH]2)CC1=O. The highest BCUT2D eigenvalue weighted by molar-refractivity contribution is 5.89. The van der Waals surface area contributed by atoms with Crippen LogP contribution in [-0.2, 0) is 16.1 Å². The van der Waals surface area contributed by atoms with Crippen LogP contribution in [-0.4, -0.2) is 77.3 Å². The van der Waals surface area contributed by atoms with Crippen molar-refractivity contribution >= 4 is 11.8 Å². The van der Waals surface area contributed by atoms with Crippen LogP contribution in [0.2, 0.25) is 0 Å². The second kappa shape index (κ2) is 6.71. The molecular weight excluding hydrogens is 270 g/mol. The minimum absolute atomic E-state index is 0.00658. The van der Waals surface area contributed by atoms with E-state index in [1.54, 1.807) is 29.2 Å². The minimum atomic E-state index is -0.236. The number of aromatic amines is 1. The number of carbonyl (C=O) groups excluding carboxylic acids is 2. The number of carbonyl (C=O) groups is 2. The lowest BCUT2D eigenvalue weighted by molar-refractivity contribution is -0.135. The Hall–Kier alpha value is -1.89. The molecule has 1 fully saturated rings. The summed E-state index contributed by atoms with van der Waals surface area (Å²) in [5.41, 5.74) is 0. The zero-order valence-corrected chi connectivity index (χ0v) is 12.9. The van der Waals surface area contributed by atoms with E-state index in [0.29, 0.717) is 26.1 Å². The van der Waals surface area contributed by atoms with Crippen LogP contribution in [0.5, 0.6) is 0 Å². The number of rotatable bonds is 6. The topological polar surface area (TPSA) is 72.5 Å². The first-order chi connectivity index (χ1) is 9.97. The number of amides is 2. The lowest BCUT2D eigenvalue weighted by atomic mass is 10.1. The zero-order chi connectivity index (χ0) is 15.4. The van der Waals surface area contributed by atoms with Crippen LogP contribution in [0, 0.1) is 5.92 Å². The van der Waals surface area contributed by atoms with Crippen molar-refractivity contribution in [1.82, 2.24) is 24.7 Å². The molecule has 1 N–H and O–H groups in total. The second-order valence-electron chi connectivity index (χ2n) is 5.77. The molecule has 0 radical (unpaired) electrons. The summed E-state index contributed by atoms with van der Waals surface area (Å²) in [4.78, 5) is 36.9. The third-order valence-corrected chi connectivity index (χ3v) is 3.70. The fourth-order valence-electron chi connectivity index (χ4n) is 2.47. The molecule has 1 aliphatic heterocycles. The normalized spacial score (nSPS) is 18.6. The number of H-pyrrole nitrogens is 1. The van der Waals surface area contributed by atoms with Crippen molar-refractivity contribution in [2.24, 2.45) is 5.92 Å². The van der Waals surface area contributed by atoms with Crippen molar-refractivity contribution in [2.45, 2.75) is 13.0 Å². The van der Waals surface area contributed by atoms with E-state index in [9.17, 15) is 9.59 Å². The molecule has 2 amide bonds. The Morgan fingerprint density at radius 1 is 1.48 bits per heavy atom. The number of aromatic nitrogens is 2. The second-order valence-corrected chi connectivity index (χ2v) is 5.77. The molecule has 21 heavy (non-hydrogen) atoms. The van der Waals surface area contributed by atoms with Gasteiger partial charge in [-0.1, -0.05) is 0 Å². The number of hydrogen-bond acceptors (Lipinski definition) is 4. The maximum atomic E-state index is 12.4. The standard InChI is InChI=1S/C14H23N5O2/c1-17(2)6-7-19-9-11(8-13(19)20)14(21)18(3)10-12-15-4-5-16-12/h4-5,11H,6-10H2,1-3H3,(H,15,16)/t11-/m1/s1. The summed E-state index contributed by atoms with van der Waals surface area (Å²) >= 11 is 0. The summed E-state index contributed by atoms with van der Waals surface area (Å²) in [5.74, 6) is 0.591. The molecule has 0 aromatic carbocycles. The molecule has 1 aromatic heterocycles. The van der Waals surface area contributed by atoms with E-state index < -0.39 is 0 Å². The average Bonchev–Trinajstić information content (AvgIpc) is 3.05. The van der Waals surface area contributed by atoms with Crippen LogP contribution in [0.15, 0.2) is 12.4 Å². The first-order valence-corrected chi connectivity index (χ1v) is 7.13. The highest BCUT2D eigenvalue weighted by Gasteiger charge is 2.35.